The average Bonchev–Trinajstić information content (AvgIpc) is 3.46. The van der Waals surface area contributed by atoms with Gasteiger partial charge in [-0.05, 0) is 111 Å². The number of rotatable bonds is 3. The Balaban J connectivity index is 1.10. The Hall–Kier alpha value is -5.98. The Bertz CT molecular complexity index is 2670. The summed E-state index contributed by atoms with van der Waals surface area (Å²) >= 11 is 0. The molecule has 0 atom stereocenters. The number of hydrogen-bond donors (Lipinski definition) is 0. The summed E-state index contributed by atoms with van der Waals surface area (Å²) in [5, 5.41) is 10.4. The molecule has 1 aliphatic rings. The van der Waals surface area contributed by atoms with Crippen molar-refractivity contribution in [3.63, 3.8) is 0 Å². The highest BCUT2D eigenvalue weighted by atomic mass is 14.3. The lowest BCUT2D eigenvalue weighted by Gasteiger charge is -2.15. The van der Waals surface area contributed by atoms with E-state index in [0.29, 0.717) is 0 Å². The van der Waals surface area contributed by atoms with Gasteiger partial charge in [-0.15, -0.1) is 0 Å². The molecular weight excluding hydrogens is 553 g/mol. The van der Waals surface area contributed by atoms with Crippen molar-refractivity contribution in [2.75, 3.05) is 0 Å². The minimum atomic E-state index is 1.22. The number of benzene rings is 9. The smallest absolute Gasteiger partial charge is 0.00201 e. The second-order valence-electron chi connectivity index (χ2n) is 12.5. The van der Waals surface area contributed by atoms with Gasteiger partial charge in [0.1, 0.15) is 0 Å². The Morgan fingerprint density at radius 3 is 1.74 bits per heavy atom. The van der Waals surface area contributed by atoms with E-state index in [-0.39, 0.29) is 0 Å². The van der Waals surface area contributed by atoms with Crippen molar-refractivity contribution in [2.45, 2.75) is 0 Å². The summed E-state index contributed by atoms with van der Waals surface area (Å²) in [7, 11) is 0. The fourth-order valence-corrected chi connectivity index (χ4v) is 7.91. The summed E-state index contributed by atoms with van der Waals surface area (Å²) in [6.07, 6.45) is 0. The van der Waals surface area contributed by atoms with Gasteiger partial charge < -0.3 is 0 Å². The molecule has 0 nitrogen and oxygen atoms in total. The van der Waals surface area contributed by atoms with Crippen LogP contribution in [0.3, 0.4) is 0 Å². The molecule has 0 aromatic heterocycles. The third kappa shape index (κ3) is 3.68. The minimum Gasteiger partial charge on any atom is -0.0616 e. The van der Waals surface area contributed by atoms with Crippen LogP contribution in [0.25, 0.3) is 98.7 Å². The molecule has 0 amide bonds. The van der Waals surface area contributed by atoms with Crippen molar-refractivity contribution in [2.24, 2.45) is 0 Å². The highest BCUT2D eigenvalue weighted by molar-refractivity contribution is 6.20. The first kappa shape index (κ1) is 25.4. The monoisotopic (exact) mass is 580 g/mol. The highest BCUT2D eigenvalue weighted by Crippen LogP contribution is 2.51. The first-order chi connectivity index (χ1) is 22.8. The Labute approximate surface area is 267 Å². The largest absolute Gasteiger partial charge is 0.0616 e. The van der Waals surface area contributed by atoms with Crippen LogP contribution < -0.4 is 0 Å². The van der Waals surface area contributed by atoms with E-state index in [9.17, 15) is 0 Å². The molecule has 0 unspecified atom stereocenters. The van der Waals surface area contributed by atoms with E-state index in [1.165, 1.54) is 98.7 Å². The van der Waals surface area contributed by atoms with E-state index in [4.69, 9.17) is 0 Å². The van der Waals surface area contributed by atoms with Crippen molar-refractivity contribution in [1.29, 1.82) is 0 Å². The number of fused-ring (bicyclic) bond motifs is 7. The van der Waals surface area contributed by atoms with E-state index in [0.717, 1.165) is 0 Å². The predicted octanol–water partition coefficient (Wildman–Crippen LogP) is 12.9. The van der Waals surface area contributed by atoms with Gasteiger partial charge in [-0.1, -0.05) is 158 Å². The van der Waals surface area contributed by atoms with Gasteiger partial charge in [-0.25, -0.2) is 0 Å². The molecule has 9 aromatic rings. The van der Waals surface area contributed by atoms with Crippen LogP contribution in [-0.2, 0) is 0 Å². The van der Waals surface area contributed by atoms with Crippen LogP contribution in [0.1, 0.15) is 0 Å². The van der Waals surface area contributed by atoms with Gasteiger partial charge in [0, 0.05) is 0 Å². The van der Waals surface area contributed by atoms with Crippen molar-refractivity contribution in [3.8, 4) is 55.6 Å². The Morgan fingerprint density at radius 1 is 0.239 bits per heavy atom. The summed E-state index contributed by atoms with van der Waals surface area (Å²) < 4.78 is 0. The fraction of sp³-hybridized carbons (Fsp3) is 0. The van der Waals surface area contributed by atoms with Gasteiger partial charge in [-0.3, -0.25) is 0 Å². The molecule has 0 radical (unpaired) electrons. The molecule has 212 valence electrons. The standard InChI is InChI=1S/C46H28/c1-3-15-36-30(9-1)25-26-41-43(36)28-34-10-2-4-16-38(34)45(41)35-14-5-13-33(27-35)29-21-23-31(24-22-29)37-17-8-19-40-39-18-6-11-32-12-7-20-42(44(32)39)46(37)40/h1-28H. The van der Waals surface area contributed by atoms with E-state index in [1.54, 1.807) is 0 Å². The molecular formula is C46H28. The molecule has 9 aromatic carbocycles. The SMILES string of the molecule is c1cc(-c2ccc(-c3cccc4c3-c3cccc5cccc-4c35)cc2)cc(-c2c3ccccc3cc3c2ccc2ccccc23)c1. The van der Waals surface area contributed by atoms with Gasteiger partial charge in [0.25, 0.3) is 0 Å². The summed E-state index contributed by atoms with van der Waals surface area (Å²) in [5.74, 6) is 0. The third-order valence-electron chi connectivity index (χ3n) is 9.98. The fourth-order valence-electron chi connectivity index (χ4n) is 7.91. The van der Waals surface area contributed by atoms with Crippen molar-refractivity contribution in [1.82, 2.24) is 0 Å². The quantitative estimate of drug-likeness (QED) is 0.144. The van der Waals surface area contributed by atoms with Crippen molar-refractivity contribution >= 4 is 43.1 Å². The Kier molecular flexibility index (Phi) is 5.38. The molecule has 0 heterocycles. The van der Waals surface area contributed by atoms with Gasteiger partial charge >= 0.3 is 0 Å². The van der Waals surface area contributed by atoms with Gasteiger partial charge in [0.2, 0.25) is 0 Å². The van der Waals surface area contributed by atoms with Crippen LogP contribution in [0.2, 0.25) is 0 Å². The summed E-state index contributed by atoms with van der Waals surface area (Å²) in [6.45, 7) is 0. The zero-order valence-corrected chi connectivity index (χ0v) is 25.2. The van der Waals surface area contributed by atoms with Crippen LogP contribution in [0.15, 0.2) is 170 Å². The lowest BCUT2D eigenvalue weighted by atomic mass is 9.88. The van der Waals surface area contributed by atoms with Crippen molar-refractivity contribution < 1.29 is 0 Å². The maximum Gasteiger partial charge on any atom is -0.00201 e. The summed E-state index contributed by atoms with van der Waals surface area (Å²) in [5.41, 5.74) is 12.9. The molecule has 0 saturated heterocycles. The van der Waals surface area contributed by atoms with Crippen LogP contribution in [0.4, 0.5) is 0 Å². The zero-order chi connectivity index (χ0) is 30.2. The molecule has 0 fully saturated rings. The minimum absolute atomic E-state index is 1.22. The summed E-state index contributed by atoms with van der Waals surface area (Å²) in [4.78, 5) is 0. The molecule has 0 aliphatic heterocycles. The van der Waals surface area contributed by atoms with E-state index >= 15 is 0 Å². The van der Waals surface area contributed by atoms with E-state index in [1.807, 2.05) is 0 Å². The normalized spacial score (nSPS) is 11.9. The average molecular weight is 581 g/mol. The van der Waals surface area contributed by atoms with Crippen LogP contribution in [-0.4, -0.2) is 0 Å². The molecule has 1 aliphatic carbocycles. The molecule has 0 spiro atoms. The molecule has 0 bridgehead atoms. The zero-order valence-electron chi connectivity index (χ0n) is 25.2. The predicted molar refractivity (Wildman–Crippen MR) is 197 cm³/mol. The van der Waals surface area contributed by atoms with E-state index in [2.05, 4.69) is 170 Å². The van der Waals surface area contributed by atoms with Crippen LogP contribution in [0.5, 0.6) is 0 Å². The van der Waals surface area contributed by atoms with Crippen molar-refractivity contribution in [3.05, 3.63) is 170 Å². The molecule has 46 heavy (non-hydrogen) atoms. The molecule has 0 N–H and O–H groups in total. The van der Waals surface area contributed by atoms with Gasteiger partial charge in [0.15, 0.2) is 0 Å². The highest BCUT2D eigenvalue weighted by Gasteiger charge is 2.24. The van der Waals surface area contributed by atoms with Gasteiger partial charge in [0.05, 0.1) is 0 Å². The first-order valence-electron chi connectivity index (χ1n) is 16.0. The van der Waals surface area contributed by atoms with Crippen LogP contribution >= 0.6 is 0 Å². The van der Waals surface area contributed by atoms with E-state index < -0.39 is 0 Å². The Morgan fingerprint density at radius 2 is 0.870 bits per heavy atom. The second kappa shape index (κ2) is 9.76. The summed E-state index contributed by atoms with van der Waals surface area (Å²) in [6, 6.07) is 62.7. The lowest BCUT2D eigenvalue weighted by molar-refractivity contribution is 1.59. The lowest BCUT2D eigenvalue weighted by Crippen LogP contribution is -1.88. The molecule has 10 rings (SSSR count). The van der Waals surface area contributed by atoms with Gasteiger partial charge in [-0.2, -0.15) is 0 Å². The molecule has 0 heteroatoms. The number of hydrogen-bond acceptors (Lipinski definition) is 0. The maximum atomic E-state index is 2.36. The third-order valence-corrected chi connectivity index (χ3v) is 9.98. The topological polar surface area (TPSA) is 0 Å². The van der Waals surface area contributed by atoms with Crippen LogP contribution in [0, 0.1) is 0 Å². The second-order valence-corrected chi connectivity index (χ2v) is 12.5. The maximum absolute atomic E-state index is 2.36. The first-order valence-corrected chi connectivity index (χ1v) is 16.0. The molecule has 0 saturated carbocycles.